The van der Waals surface area contributed by atoms with Crippen molar-refractivity contribution in [2.75, 3.05) is 11.9 Å². The number of benzene rings is 1. The minimum Gasteiger partial charge on any atom is -0.324 e. The lowest BCUT2D eigenvalue weighted by atomic mass is 10.2. The smallest absolute Gasteiger partial charge is 0.294 e. The number of hydrogen-bond acceptors (Lipinski definition) is 9. The van der Waals surface area contributed by atoms with Crippen molar-refractivity contribution in [1.82, 2.24) is 5.32 Å². The van der Waals surface area contributed by atoms with Gasteiger partial charge in [-0.25, -0.2) is 13.6 Å². The minimum absolute atomic E-state index is 0.0697. The van der Waals surface area contributed by atoms with Crippen LogP contribution in [0.15, 0.2) is 26.3 Å². The third kappa shape index (κ3) is 5.51. The van der Waals surface area contributed by atoms with Crippen molar-refractivity contribution < 1.29 is 31.6 Å². The molecule has 0 spiro atoms. The van der Waals surface area contributed by atoms with Crippen LogP contribution in [0, 0.1) is 10.1 Å². The van der Waals surface area contributed by atoms with E-state index >= 15 is 0 Å². The summed E-state index contributed by atoms with van der Waals surface area (Å²) < 4.78 is 50.9. The summed E-state index contributed by atoms with van der Waals surface area (Å²) in [6.07, 6.45) is 0.418. The van der Waals surface area contributed by atoms with Crippen molar-refractivity contribution in [1.29, 1.82) is 0 Å². The molecule has 1 amide bonds. The number of carbonyl (C=O) groups is 1. The van der Waals surface area contributed by atoms with Crippen LogP contribution in [-0.4, -0.2) is 40.4 Å². The van der Waals surface area contributed by atoms with Gasteiger partial charge in [0, 0.05) is 6.42 Å². The van der Waals surface area contributed by atoms with E-state index in [9.17, 15) is 31.7 Å². The molecule has 0 saturated heterocycles. The van der Waals surface area contributed by atoms with E-state index in [4.69, 9.17) is 16.7 Å². The normalized spacial score (nSPS) is 15.0. The number of nitrogens with one attached hydrogen (secondary N) is 2. The lowest BCUT2D eigenvalue weighted by Crippen LogP contribution is -2.38. The molecule has 0 saturated carbocycles. The van der Waals surface area contributed by atoms with E-state index in [2.05, 4.69) is 19.9 Å². The fourth-order valence-electron chi connectivity index (χ4n) is 2.16. The molecular weight excluding hydrogens is 442 g/mol. The Morgan fingerprint density at radius 1 is 1.39 bits per heavy atom. The van der Waals surface area contributed by atoms with Gasteiger partial charge in [-0.05, 0) is 25.0 Å². The quantitative estimate of drug-likeness (QED) is 0.286. The van der Waals surface area contributed by atoms with Crippen LogP contribution in [0.1, 0.15) is 19.3 Å². The Bertz CT molecular complexity index is 1050. The molecule has 1 aliphatic heterocycles. The van der Waals surface area contributed by atoms with Gasteiger partial charge in [0.2, 0.25) is 21.9 Å². The molecule has 2 rings (SSSR count). The number of anilines is 1. The summed E-state index contributed by atoms with van der Waals surface area (Å²) in [7, 11) is -8.60. The number of unbranched alkanes of at least 4 members (excludes halogenated alkanes) is 1. The van der Waals surface area contributed by atoms with Gasteiger partial charge in [-0.2, -0.15) is 8.42 Å². The van der Waals surface area contributed by atoms with Crippen molar-refractivity contribution >= 4 is 49.2 Å². The highest BCUT2D eigenvalue weighted by Gasteiger charge is 2.29. The molecule has 154 valence electrons. The van der Waals surface area contributed by atoms with Crippen molar-refractivity contribution in [3.05, 3.63) is 27.3 Å². The van der Waals surface area contributed by atoms with Crippen LogP contribution in [0.25, 0.3) is 0 Å². The van der Waals surface area contributed by atoms with Crippen LogP contribution in [0.5, 0.6) is 0 Å². The number of primary sulfonamides is 1. The monoisotopic (exact) mass is 455 g/mol. The Hall–Kier alpha value is -2.49. The van der Waals surface area contributed by atoms with Crippen LogP contribution < -0.4 is 15.8 Å². The maximum Gasteiger partial charge on any atom is 0.294 e. The number of fused-ring (bicyclic) bond motifs is 1. The molecule has 1 aromatic rings. The predicted octanol–water partition coefficient (Wildman–Crippen LogP) is -0.0476. The van der Waals surface area contributed by atoms with Crippen LogP contribution in [0.3, 0.4) is 0 Å². The number of halogens is 1. The van der Waals surface area contributed by atoms with Gasteiger partial charge < -0.3 is 10.2 Å². The second-order valence-corrected chi connectivity index (χ2v) is 8.94. The summed E-state index contributed by atoms with van der Waals surface area (Å²) >= 11 is 5.83. The molecule has 0 fully saturated rings. The van der Waals surface area contributed by atoms with Crippen LogP contribution in [0.2, 0.25) is 5.02 Å². The highest BCUT2D eigenvalue weighted by atomic mass is 35.5. The summed E-state index contributed by atoms with van der Waals surface area (Å²) in [6.45, 7) is -0.174. The molecule has 0 atom stereocenters. The van der Waals surface area contributed by atoms with Gasteiger partial charge in [0.05, 0.1) is 17.3 Å². The van der Waals surface area contributed by atoms with E-state index in [0.29, 0.717) is 0 Å². The topological polar surface area (TPSA) is 200 Å². The van der Waals surface area contributed by atoms with Gasteiger partial charge in [-0.1, -0.05) is 11.6 Å². The van der Waals surface area contributed by atoms with E-state index in [-0.39, 0.29) is 36.6 Å². The summed E-state index contributed by atoms with van der Waals surface area (Å²) in [6, 6.07) is 1.80. The average molecular weight is 456 g/mol. The Morgan fingerprint density at radius 3 is 2.68 bits per heavy atom. The van der Waals surface area contributed by atoms with Crippen LogP contribution in [-0.2, 0) is 29.7 Å². The molecule has 0 unspecified atom stereocenters. The van der Waals surface area contributed by atoms with Gasteiger partial charge in [-0.3, -0.25) is 10.1 Å². The molecule has 0 bridgehead atoms. The van der Waals surface area contributed by atoms with Crippen molar-refractivity contribution in [2.45, 2.75) is 29.1 Å². The molecule has 1 heterocycles. The van der Waals surface area contributed by atoms with Crippen LogP contribution in [0.4, 0.5) is 5.69 Å². The Kier molecular flexibility index (Phi) is 6.43. The number of sulfonamides is 2. The molecule has 28 heavy (non-hydrogen) atoms. The Labute approximate surface area is 164 Å². The maximum absolute atomic E-state index is 12.3. The second kappa shape index (κ2) is 8.26. The molecule has 0 aromatic heterocycles. The number of nitrogens with zero attached hydrogens (tertiary/aromatic N) is 2. The first-order valence-corrected chi connectivity index (χ1v) is 10.8. The Morgan fingerprint density at radius 2 is 2.07 bits per heavy atom. The van der Waals surface area contributed by atoms with Gasteiger partial charge >= 0.3 is 0 Å². The lowest BCUT2D eigenvalue weighted by molar-refractivity contribution is -0.757. The van der Waals surface area contributed by atoms with E-state index in [1.807, 2.05) is 0 Å². The summed E-state index contributed by atoms with van der Waals surface area (Å²) in [5, 5.41) is 18.5. The maximum atomic E-state index is 12.3. The largest absolute Gasteiger partial charge is 0.324 e. The number of amides is 1. The molecule has 1 aromatic carbocycles. The predicted molar refractivity (Wildman–Crippen MR) is 96.0 cm³/mol. The summed E-state index contributed by atoms with van der Waals surface area (Å²) in [5.41, 5.74) is -0.0953. The molecular formula is C12H14ClN5O8S2. The zero-order valence-electron chi connectivity index (χ0n) is 13.9. The van der Waals surface area contributed by atoms with E-state index in [1.165, 1.54) is 0 Å². The highest BCUT2D eigenvalue weighted by molar-refractivity contribution is 7.91. The number of carbonyl (C=O) groups excluding carboxylic acids is 1. The molecule has 1 aliphatic rings. The van der Waals surface area contributed by atoms with Crippen molar-refractivity contribution in [2.24, 2.45) is 9.54 Å². The zero-order chi connectivity index (χ0) is 21.1. The fraction of sp³-hybridized carbons (Fsp3) is 0.333. The third-order valence-electron chi connectivity index (χ3n) is 3.34. The van der Waals surface area contributed by atoms with Gasteiger partial charge in [0.15, 0.2) is 0 Å². The summed E-state index contributed by atoms with van der Waals surface area (Å²) in [5.74, 6) is -1.00. The van der Waals surface area contributed by atoms with Gasteiger partial charge in [-0.15, -0.1) is 14.5 Å². The minimum atomic E-state index is -4.34. The molecule has 13 nitrogen and oxygen atoms in total. The van der Waals surface area contributed by atoms with Crippen molar-refractivity contribution in [3.63, 3.8) is 0 Å². The second-order valence-electron chi connectivity index (χ2n) is 5.43. The first-order valence-electron chi connectivity index (χ1n) is 7.45. The number of rotatable bonds is 7. The van der Waals surface area contributed by atoms with E-state index < -0.39 is 46.8 Å². The first-order chi connectivity index (χ1) is 12.9. The molecule has 4 N–H and O–H groups in total. The average Bonchev–Trinajstić information content (AvgIpc) is 2.51. The third-order valence-corrected chi connectivity index (χ3v) is 6.03. The number of guanidine groups is 1. The van der Waals surface area contributed by atoms with E-state index in [1.54, 1.807) is 0 Å². The van der Waals surface area contributed by atoms with Crippen molar-refractivity contribution in [3.8, 4) is 0 Å². The molecule has 0 radical (unpaired) electrons. The molecule has 0 aliphatic carbocycles. The highest BCUT2D eigenvalue weighted by Crippen LogP contribution is 2.34. The fourth-order valence-corrected chi connectivity index (χ4v) is 4.42. The van der Waals surface area contributed by atoms with Gasteiger partial charge in [0.25, 0.3) is 15.1 Å². The Balaban J connectivity index is 2.10. The summed E-state index contributed by atoms with van der Waals surface area (Å²) in [4.78, 5) is 24.9. The van der Waals surface area contributed by atoms with Crippen LogP contribution >= 0.6 is 11.6 Å². The van der Waals surface area contributed by atoms with Gasteiger partial charge in [0.1, 0.15) is 9.79 Å². The first kappa shape index (κ1) is 21.8. The lowest BCUT2D eigenvalue weighted by Gasteiger charge is -2.19. The number of hydrogen-bond donors (Lipinski definition) is 3. The zero-order valence-corrected chi connectivity index (χ0v) is 16.3. The number of nitrogens with two attached hydrogens (primary N) is 1. The molecule has 16 heteroatoms. The van der Waals surface area contributed by atoms with E-state index in [0.717, 1.165) is 12.1 Å². The SMILES string of the molecule is NS(=O)(=O)c1cc2c(cc1Cl)NC(NC(=O)CCCCO[N+](=O)[O-])=NS2(=O)=O. The standard InChI is InChI=1S/C12H14ClN5O8S2/c13-7-5-8-10(6-9(7)27(14,22)23)28(24,25)17-12(15-8)16-11(19)3-1-2-4-26-18(20)21/h5-6H,1-4H2,(H2,14,22,23)(H2,15,16,17,19).